The van der Waals surface area contributed by atoms with Gasteiger partial charge in [0.1, 0.15) is 0 Å². The van der Waals surface area contributed by atoms with E-state index < -0.39 is 15.9 Å². The van der Waals surface area contributed by atoms with E-state index >= 15 is 0 Å². The van der Waals surface area contributed by atoms with Crippen LogP contribution in [0.15, 0.2) is 18.2 Å². The molecule has 0 spiro atoms. The molecule has 19 heavy (non-hydrogen) atoms. The number of amides is 1. The predicted octanol–water partition coefficient (Wildman–Crippen LogP) is -0.278. The normalized spacial score (nSPS) is 10.9. The van der Waals surface area contributed by atoms with Crippen LogP contribution in [0.5, 0.6) is 11.5 Å². The van der Waals surface area contributed by atoms with Crippen LogP contribution >= 0.6 is 0 Å². The Bertz CT molecular complexity index is 556. The molecule has 0 heterocycles. The van der Waals surface area contributed by atoms with E-state index in [0.29, 0.717) is 5.75 Å². The van der Waals surface area contributed by atoms with Crippen molar-refractivity contribution in [2.75, 3.05) is 26.5 Å². The Labute approximate surface area is 111 Å². The van der Waals surface area contributed by atoms with Gasteiger partial charge in [-0.15, -0.1) is 0 Å². The lowest BCUT2D eigenvalue weighted by atomic mass is 10.1. The molecule has 0 aliphatic carbocycles. The molecule has 1 amide bonds. The fraction of sp³-hybridized carbons (Fsp3) is 0.364. The maximum atomic E-state index is 11.9. The van der Waals surface area contributed by atoms with E-state index in [1.165, 1.54) is 14.2 Å². The summed E-state index contributed by atoms with van der Waals surface area (Å²) in [6, 6.07) is 4.84. The number of hydrogen-bond donors (Lipinski definition) is 2. The van der Waals surface area contributed by atoms with Crippen molar-refractivity contribution in [2.24, 2.45) is 5.14 Å². The van der Waals surface area contributed by atoms with Crippen LogP contribution in [-0.2, 0) is 10.0 Å². The van der Waals surface area contributed by atoms with Crippen LogP contribution in [0.2, 0.25) is 0 Å². The standard InChI is InChI=1S/C11H16N2O5S/c1-17-9-5-3-4-8(10(9)18-2)11(14)13-6-7-19(12,15)16/h3-5H,6-7H2,1-2H3,(H,13,14)(H2,12,15,16). The van der Waals surface area contributed by atoms with Crippen LogP contribution in [0.4, 0.5) is 0 Å². The van der Waals surface area contributed by atoms with Crippen LogP contribution < -0.4 is 19.9 Å². The van der Waals surface area contributed by atoms with E-state index in [1.54, 1.807) is 18.2 Å². The third-order valence-electron chi connectivity index (χ3n) is 2.32. The van der Waals surface area contributed by atoms with E-state index in [2.05, 4.69) is 5.32 Å². The molecular formula is C11H16N2O5S. The molecule has 0 atom stereocenters. The summed E-state index contributed by atoms with van der Waals surface area (Å²) < 4.78 is 31.7. The Morgan fingerprint density at radius 2 is 2.00 bits per heavy atom. The second-order valence-corrected chi connectivity index (χ2v) is 5.40. The number of methoxy groups -OCH3 is 2. The predicted molar refractivity (Wildman–Crippen MR) is 69.9 cm³/mol. The van der Waals surface area contributed by atoms with Crippen molar-refractivity contribution >= 4 is 15.9 Å². The molecular weight excluding hydrogens is 272 g/mol. The average molecular weight is 288 g/mol. The number of para-hydroxylation sites is 1. The molecule has 7 nitrogen and oxygen atoms in total. The van der Waals surface area contributed by atoms with E-state index in [9.17, 15) is 13.2 Å². The summed E-state index contributed by atoms with van der Waals surface area (Å²) in [5, 5.41) is 7.29. The van der Waals surface area contributed by atoms with Gasteiger partial charge in [0.2, 0.25) is 10.0 Å². The third kappa shape index (κ3) is 4.42. The number of hydrogen-bond acceptors (Lipinski definition) is 5. The van der Waals surface area contributed by atoms with Gasteiger partial charge in [0.05, 0.1) is 25.5 Å². The fourth-order valence-electron chi connectivity index (χ4n) is 1.47. The molecule has 106 valence electrons. The van der Waals surface area contributed by atoms with Crippen molar-refractivity contribution in [1.29, 1.82) is 0 Å². The van der Waals surface area contributed by atoms with Crippen molar-refractivity contribution in [3.05, 3.63) is 23.8 Å². The lowest BCUT2D eigenvalue weighted by Crippen LogP contribution is -2.31. The number of benzene rings is 1. The van der Waals surface area contributed by atoms with Crippen LogP contribution in [-0.4, -0.2) is 40.8 Å². The second kappa shape index (κ2) is 6.39. The second-order valence-electron chi connectivity index (χ2n) is 3.66. The highest BCUT2D eigenvalue weighted by atomic mass is 32.2. The van der Waals surface area contributed by atoms with Gasteiger partial charge >= 0.3 is 0 Å². The highest BCUT2D eigenvalue weighted by molar-refractivity contribution is 7.89. The maximum Gasteiger partial charge on any atom is 0.255 e. The summed E-state index contributed by atoms with van der Waals surface area (Å²) in [4.78, 5) is 11.9. The zero-order valence-electron chi connectivity index (χ0n) is 10.7. The molecule has 0 bridgehead atoms. The number of primary sulfonamides is 1. The summed E-state index contributed by atoms with van der Waals surface area (Å²) in [6.45, 7) is -0.0714. The molecule has 0 unspecified atom stereocenters. The maximum absolute atomic E-state index is 11.9. The average Bonchev–Trinajstić information content (AvgIpc) is 2.35. The lowest BCUT2D eigenvalue weighted by Gasteiger charge is -2.12. The number of nitrogens with one attached hydrogen (secondary N) is 1. The van der Waals surface area contributed by atoms with Crippen LogP contribution in [0.25, 0.3) is 0 Å². The van der Waals surface area contributed by atoms with Gasteiger partial charge in [-0.1, -0.05) is 6.07 Å². The van der Waals surface area contributed by atoms with Gasteiger partial charge in [-0.05, 0) is 12.1 Å². The first-order valence-electron chi connectivity index (χ1n) is 5.38. The van der Waals surface area contributed by atoms with Crippen molar-refractivity contribution in [3.63, 3.8) is 0 Å². The minimum absolute atomic E-state index is 0.0714. The Kier molecular flexibility index (Phi) is 5.13. The number of carbonyl (C=O) groups excluding carboxylic acids is 1. The molecule has 8 heteroatoms. The monoisotopic (exact) mass is 288 g/mol. The van der Waals surface area contributed by atoms with Crippen LogP contribution in [0, 0.1) is 0 Å². The first kappa shape index (κ1) is 15.3. The van der Waals surface area contributed by atoms with Crippen molar-refractivity contribution in [2.45, 2.75) is 0 Å². The first-order chi connectivity index (χ1) is 8.89. The molecule has 0 saturated carbocycles. The number of nitrogens with two attached hydrogens (primary N) is 1. The van der Waals surface area contributed by atoms with Gasteiger partial charge < -0.3 is 14.8 Å². The topological polar surface area (TPSA) is 108 Å². The first-order valence-corrected chi connectivity index (χ1v) is 7.10. The summed E-state index contributed by atoms with van der Waals surface area (Å²) in [7, 11) is -0.727. The van der Waals surface area contributed by atoms with Gasteiger partial charge in [0.15, 0.2) is 11.5 Å². The molecule has 0 saturated heterocycles. The van der Waals surface area contributed by atoms with E-state index in [0.717, 1.165) is 0 Å². The molecule has 0 aliphatic rings. The van der Waals surface area contributed by atoms with E-state index in [4.69, 9.17) is 14.6 Å². The van der Waals surface area contributed by atoms with Gasteiger partial charge in [-0.3, -0.25) is 4.79 Å². The summed E-state index contributed by atoms with van der Waals surface area (Å²) in [5.41, 5.74) is 0.260. The highest BCUT2D eigenvalue weighted by Crippen LogP contribution is 2.30. The highest BCUT2D eigenvalue weighted by Gasteiger charge is 2.16. The van der Waals surface area contributed by atoms with Crippen LogP contribution in [0.1, 0.15) is 10.4 Å². The van der Waals surface area contributed by atoms with Gasteiger partial charge in [0, 0.05) is 6.54 Å². The van der Waals surface area contributed by atoms with Crippen molar-refractivity contribution in [1.82, 2.24) is 5.32 Å². The van der Waals surface area contributed by atoms with Crippen molar-refractivity contribution < 1.29 is 22.7 Å². The SMILES string of the molecule is COc1cccc(C(=O)NCCS(N)(=O)=O)c1OC. The van der Waals surface area contributed by atoms with Crippen LogP contribution in [0.3, 0.4) is 0 Å². The van der Waals surface area contributed by atoms with Crippen molar-refractivity contribution in [3.8, 4) is 11.5 Å². The number of ether oxygens (including phenoxy) is 2. The number of rotatable bonds is 6. The largest absolute Gasteiger partial charge is 0.493 e. The molecule has 3 N–H and O–H groups in total. The molecule has 0 aromatic heterocycles. The van der Waals surface area contributed by atoms with Gasteiger partial charge in [0.25, 0.3) is 5.91 Å². The molecule has 1 aromatic carbocycles. The zero-order chi connectivity index (χ0) is 14.5. The fourth-order valence-corrected chi connectivity index (χ4v) is 1.85. The third-order valence-corrected chi connectivity index (χ3v) is 3.09. The minimum Gasteiger partial charge on any atom is -0.493 e. The molecule has 0 radical (unpaired) electrons. The molecule has 0 fully saturated rings. The smallest absolute Gasteiger partial charge is 0.255 e. The van der Waals surface area contributed by atoms with E-state index in [1.807, 2.05) is 0 Å². The summed E-state index contributed by atoms with van der Waals surface area (Å²) in [6.07, 6.45) is 0. The molecule has 1 aromatic rings. The zero-order valence-corrected chi connectivity index (χ0v) is 11.5. The van der Waals surface area contributed by atoms with E-state index in [-0.39, 0.29) is 23.6 Å². The molecule has 1 rings (SSSR count). The number of sulfonamides is 1. The van der Waals surface area contributed by atoms with Gasteiger partial charge in [-0.2, -0.15) is 0 Å². The molecule has 0 aliphatic heterocycles. The quantitative estimate of drug-likeness (QED) is 0.748. The minimum atomic E-state index is -3.60. The lowest BCUT2D eigenvalue weighted by molar-refractivity contribution is 0.0952. The Hall–Kier alpha value is -1.80. The summed E-state index contributed by atoms with van der Waals surface area (Å²) in [5.74, 6) is -0.0792. The summed E-state index contributed by atoms with van der Waals surface area (Å²) >= 11 is 0. The van der Waals surface area contributed by atoms with Gasteiger partial charge in [-0.25, -0.2) is 13.6 Å². The Morgan fingerprint density at radius 1 is 1.32 bits per heavy atom. The Balaban J connectivity index is 2.82. The Morgan fingerprint density at radius 3 is 2.53 bits per heavy atom. The number of carbonyl (C=O) groups is 1.